The van der Waals surface area contributed by atoms with Gasteiger partial charge in [0, 0.05) is 0 Å². The molecule has 2 N–H and O–H groups in total. The van der Waals surface area contributed by atoms with Gasteiger partial charge >= 0.3 is 6.03 Å². The second kappa shape index (κ2) is 5.35. The van der Waals surface area contributed by atoms with Crippen molar-refractivity contribution in [2.45, 2.75) is 70.4 Å². The van der Waals surface area contributed by atoms with Gasteiger partial charge in [0.15, 0.2) is 0 Å². The number of nitrogens with one attached hydrogen (secondary N) is 1. The largest absolute Gasteiger partial charge is 0.388 e. The number of imide groups is 1. The standard InChI is InChI=1S/C15H26N2O3/c1-11(2)9-14(3)12(18)17(13(19)16-14)10-15(20)7-5-4-6-8-15/h11,20H,4-10H2,1-3H3,(H,16,19). The van der Waals surface area contributed by atoms with Crippen LogP contribution in [0.1, 0.15) is 59.3 Å². The van der Waals surface area contributed by atoms with Crippen LogP contribution in [0.15, 0.2) is 0 Å². The summed E-state index contributed by atoms with van der Waals surface area (Å²) in [6, 6.07) is -0.364. The van der Waals surface area contributed by atoms with Crippen molar-refractivity contribution in [1.29, 1.82) is 0 Å². The maximum Gasteiger partial charge on any atom is 0.325 e. The summed E-state index contributed by atoms with van der Waals surface area (Å²) in [6.45, 7) is 5.97. The third-order valence-electron chi connectivity index (χ3n) is 4.40. The van der Waals surface area contributed by atoms with Crippen LogP contribution in [0.5, 0.6) is 0 Å². The Bertz CT molecular complexity index is 402. The quantitative estimate of drug-likeness (QED) is 0.775. The average Bonchev–Trinajstić information content (AvgIpc) is 2.52. The van der Waals surface area contributed by atoms with Crippen molar-refractivity contribution in [1.82, 2.24) is 10.2 Å². The van der Waals surface area contributed by atoms with Gasteiger partial charge in [0.2, 0.25) is 0 Å². The molecule has 1 unspecified atom stereocenters. The smallest absolute Gasteiger partial charge is 0.325 e. The maximum absolute atomic E-state index is 12.5. The van der Waals surface area contributed by atoms with Gasteiger partial charge < -0.3 is 10.4 Å². The number of aliphatic hydroxyl groups is 1. The third kappa shape index (κ3) is 2.97. The van der Waals surface area contributed by atoms with Gasteiger partial charge in [-0.05, 0) is 32.1 Å². The van der Waals surface area contributed by atoms with E-state index in [-0.39, 0.29) is 18.5 Å². The molecule has 1 atom stereocenters. The fraction of sp³-hybridized carbons (Fsp3) is 0.867. The summed E-state index contributed by atoms with van der Waals surface area (Å²) in [5.74, 6) is 0.122. The molecule has 0 aromatic heterocycles. The van der Waals surface area contributed by atoms with E-state index in [1.807, 2.05) is 13.8 Å². The van der Waals surface area contributed by atoms with Crippen LogP contribution in [0.4, 0.5) is 4.79 Å². The Labute approximate surface area is 120 Å². The fourth-order valence-electron chi connectivity index (χ4n) is 3.51. The van der Waals surface area contributed by atoms with Gasteiger partial charge in [-0.3, -0.25) is 9.69 Å². The molecule has 0 aromatic carbocycles. The summed E-state index contributed by atoms with van der Waals surface area (Å²) >= 11 is 0. The van der Waals surface area contributed by atoms with E-state index in [2.05, 4.69) is 5.32 Å². The summed E-state index contributed by atoms with van der Waals surface area (Å²) in [4.78, 5) is 25.8. The number of carbonyl (C=O) groups excluding carboxylic acids is 2. The molecule has 0 bridgehead atoms. The fourth-order valence-corrected chi connectivity index (χ4v) is 3.51. The zero-order chi connectivity index (χ0) is 15.0. The number of urea groups is 1. The SMILES string of the molecule is CC(C)CC1(C)NC(=O)N(CC2(O)CCCCC2)C1=O. The van der Waals surface area contributed by atoms with Crippen molar-refractivity contribution in [2.75, 3.05) is 6.54 Å². The van der Waals surface area contributed by atoms with Crippen LogP contribution in [0.3, 0.4) is 0 Å². The number of hydrogen-bond acceptors (Lipinski definition) is 3. The Balaban J connectivity index is 2.09. The first-order chi connectivity index (χ1) is 9.26. The molecule has 0 spiro atoms. The van der Waals surface area contributed by atoms with Crippen molar-refractivity contribution in [3.05, 3.63) is 0 Å². The predicted octanol–water partition coefficient (Wildman–Crippen LogP) is 2.04. The molecule has 114 valence electrons. The average molecular weight is 282 g/mol. The summed E-state index contributed by atoms with van der Waals surface area (Å²) in [7, 11) is 0. The molecular weight excluding hydrogens is 256 g/mol. The molecule has 0 aromatic rings. The normalized spacial score (nSPS) is 29.9. The molecule has 5 heteroatoms. The van der Waals surface area contributed by atoms with E-state index >= 15 is 0 Å². The molecule has 1 saturated heterocycles. The Morgan fingerprint density at radius 2 is 1.85 bits per heavy atom. The topological polar surface area (TPSA) is 69.6 Å². The van der Waals surface area contributed by atoms with Crippen LogP contribution in [0.25, 0.3) is 0 Å². The second-order valence-electron chi connectivity index (χ2n) is 7.04. The van der Waals surface area contributed by atoms with Gasteiger partial charge in [0.25, 0.3) is 5.91 Å². The highest BCUT2D eigenvalue weighted by Crippen LogP contribution is 2.32. The van der Waals surface area contributed by atoms with Crippen LogP contribution in [0, 0.1) is 5.92 Å². The van der Waals surface area contributed by atoms with Crippen molar-refractivity contribution in [3.63, 3.8) is 0 Å². The van der Waals surface area contributed by atoms with E-state index in [0.29, 0.717) is 25.2 Å². The van der Waals surface area contributed by atoms with Crippen LogP contribution in [-0.2, 0) is 4.79 Å². The van der Waals surface area contributed by atoms with E-state index < -0.39 is 11.1 Å². The Hall–Kier alpha value is -1.10. The number of amides is 3. The Morgan fingerprint density at radius 3 is 2.40 bits per heavy atom. The number of β-amino-alcohol motifs (C(OH)–C–C–N with tert-alkyl or cyclic N) is 1. The third-order valence-corrected chi connectivity index (χ3v) is 4.40. The van der Waals surface area contributed by atoms with Gasteiger partial charge in [-0.25, -0.2) is 4.79 Å². The monoisotopic (exact) mass is 282 g/mol. The van der Waals surface area contributed by atoms with Gasteiger partial charge in [-0.15, -0.1) is 0 Å². The highest BCUT2D eigenvalue weighted by Gasteiger charge is 2.50. The van der Waals surface area contributed by atoms with Crippen LogP contribution >= 0.6 is 0 Å². The Morgan fingerprint density at radius 1 is 1.25 bits per heavy atom. The lowest BCUT2D eigenvalue weighted by Gasteiger charge is -2.34. The first-order valence-electron chi connectivity index (χ1n) is 7.62. The molecule has 2 fully saturated rings. The highest BCUT2D eigenvalue weighted by molar-refractivity contribution is 6.06. The number of carbonyl (C=O) groups is 2. The van der Waals surface area contributed by atoms with E-state index in [1.54, 1.807) is 6.92 Å². The van der Waals surface area contributed by atoms with Crippen molar-refractivity contribution in [3.8, 4) is 0 Å². The zero-order valence-electron chi connectivity index (χ0n) is 12.7. The van der Waals surface area contributed by atoms with Gasteiger partial charge in [0.05, 0.1) is 12.1 Å². The van der Waals surface area contributed by atoms with Gasteiger partial charge in [-0.1, -0.05) is 33.1 Å². The molecule has 1 aliphatic carbocycles. The summed E-state index contributed by atoms with van der Waals surface area (Å²) in [6.07, 6.45) is 5.00. The van der Waals surface area contributed by atoms with Crippen LogP contribution < -0.4 is 5.32 Å². The first kappa shape index (κ1) is 15.3. The molecule has 2 rings (SSSR count). The van der Waals surface area contributed by atoms with E-state index in [4.69, 9.17) is 0 Å². The number of hydrogen-bond donors (Lipinski definition) is 2. The predicted molar refractivity (Wildman–Crippen MR) is 76.1 cm³/mol. The van der Waals surface area contributed by atoms with E-state index in [1.165, 1.54) is 4.90 Å². The lowest BCUT2D eigenvalue weighted by atomic mass is 9.84. The molecule has 0 radical (unpaired) electrons. The maximum atomic E-state index is 12.5. The first-order valence-corrected chi connectivity index (χ1v) is 7.62. The van der Waals surface area contributed by atoms with Crippen molar-refractivity contribution < 1.29 is 14.7 Å². The highest BCUT2D eigenvalue weighted by atomic mass is 16.3. The minimum Gasteiger partial charge on any atom is -0.388 e. The number of nitrogens with zero attached hydrogens (tertiary/aromatic N) is 1. The van der Waals surface area contributed by atoms with Gasteiger partial charge in [-0.2, -0.15) is 0 Å². The van der Waals surface area contributed by atoms with Crippen LogP contribution in [0.2, 0.25) is 0 Å². The van der Waals surface area contributed by atoms with Crippen LogP contribution in [-0.4, -0.2) is 39.6 Å². The summed E-state index contributed by atoms with van der Waals surface area (Å²) in [5.41, 5.74) is -1.72. The Kier molecular flexibility index (Phi) is 4.09. The molecule has 1 saturated carbocycles. The zero-order valence-corrected chi connectivity index (χ0v) is 12.7. The number of rotatable bonds is 4. The van der Waals surface area contributed by atoms with E-state index in [9.17, 15) is 14.7 Å². The minimum absolute atomic E-state index is 0.130. The summed E-state index contributed by atoms with van der Waals surface area (Å²) < 4.78 is 0. The van der Waals surface area contributed by atoms with Gasteiger partial charge in [0.1, 0.15) is 5.54 Å². The lowest BCUT2D eigenvalue weighted by molar-refractivity contribution is -0.134. The summed E-state index contributed by atoms with van der Waals surface area (Å²) in [5, 5.41) is 13.3. The van der Waals surface area contributed by atoms with Crippen molar-refractivity contribution >= 4 is 11.9 Å². The molecule has 2 aliphatic rings. The lowest BCUT2D eigenvalue weighted by Crippen LogP contribution is -2.48. The second-order valence-corrected chi connectivity index (χ2v) is 7.04. The molecule has 1 heterocycles. The molecule has 1 aliphatic heterocycles. The van der Waals surface area contributed by atoms with E-state index in [0.717, 1.165) is 19.3 Å². The molecule has 5 nitrogen and oxygen atoms in total. The molecule has 20 heavy (non-hydrogen) atoms. The van der Waals surface area contributed by atoms with Crippen molar-refractivity contribution in [2.24, 2.45) is 5.92 Å². The minimum atomic E-state index is -0.895. The molecule has 3 amide bonds. The molecular formula is C15H26N2O3.